The largest absolute Gasteiger partial charge is 0.493 e. The van der Waals surface area contributed by atoms with Gasteiger partial charge in [0.1, 0.15) is 5.56 Å². The number of amides is 1. The highest BCUT2D eigenvalue weighted by molar-refractivity contribution is 8.27. The number of carbonyl (C=O) groups is 2. The van der Waals surface area contributed by atoms with Crippen LogP contribution in [0.15, 0.2) is 35.2 Å². The standard InChI is InChI=1S/C19H13Cl2NO5S2/c1-26-13-6-3-9(15(18(24)25)16(13)27-2)7-14-17(23)22(19(28)29-14)10-4-5-11(20)12(21)8-10/h3-8H,1-2H3,(H,24,25)/b14-7+. The Kier molecular flexibility index (Phi) is 6.38. The Bertz CT molecular complexity index is 1070. The number of nitrogens with zero attached hydrogens (tertiary/aromatic N) is 1. The molecule has 1 amide bonds. The van der Waals surface area contributed by atoms with Gasteiger partial charge in [0.15, 0.2) is 15.8 Å². The van der Waals surface area contributed by atoms with Crippen molar-refractivity contribution in [3.05, 3.63) is 56.4 Å². The van der Waals surface area contributed by atoms with E-state index in [1.165, 1.54) is 37.3 Å². The van der Waals surface area contributed by atoms with Crippen LogP contribution in [0.1, 0.15) is 15.9 Å². The van der Waals surface area contributed by atoms with Gasteiger partial charge in [-0.15, -0.1) is 0 Å². The van der Waals surface area contributed by atoms with Crippen molar-refractivity contribution in [1.82, 2.24) is 0 Å². The summed E-state index contributed by atoms with van der Waals surface area (Å²) in [5.41, 5.74) is 0.632. The average Bonchev–Trinajstić information content (AvgIpc) is 2.96. The van der Waals surface area contributed by atoms with E-state index in [0.29, 0.717) is 10.7 Å². The molecule has 3 rings (SSSR count). The second-order valence-electron chi connectivity index (χ2n) is 5.69. The molecule has 10 heteroatoms. The fourth-order valence-electron chi connectivity index (χ4n) is 2.74. The second-order valence-corrected chi connectivity index (χ2v) is 8.18. The van der Waals surface area contributed by atoms with Crippen molar-refractivity contribution >= 4 is 75.1 Å². The molecule has 2 aromatic rings. The normalized spacial score (nSPS) is 15.2. The lowest BCUT2D eigenvalue weighted by atomic mass is 10.0. The van der Waals surface area contributed by atoms with Gasteiger partial charge >= 0.3 is 5.97 Å². The number of aromatic carboxylic acids is 1. The van der Waals surface area contributed by atoms with Crippen LogP contribution < -0.4 is 14.4 Å². The summed E-state index contributed by atoms with van der Waals surface area (Å²) in [6, 6.07) is 7.84. The van der Waals surface area contributed by atoms with Gasteiger partial charge in [0, 0.05) is 0 Å². The smallest absolute Gasteiger partial charge is 0.340 e. The Morgan fingerprint density at radius 3 is 2.48 bits per heavy atom. The lowest BCUT2D eigenvalue weighted by Gasteiger charge is -2.15. The van der Waals surface area contributed by atoms with E-state index >= 15 is 0 Å². The Balaban J connectivity index is 2.06. The maximum atomic E-state index is 12.9. The molecule has 1 N–H and O–H groups in total. The van der Waals surface area contributed by atoms with Gasteiger partial charge in [-0.3, -0.25) is 9.69 Å². The SMILES string of the molecule is COc1ccc(/C=C2/SC(=S)N(c3ccc(Cl)c(Cl)c3)C2=O)c(C(=O)O)c1OC. The number of thiocarbonyl (C=S) groups is 1. The summed E-state index contributed by atoms with van der Waals surface area (Å²) in [6.07, 6.45) is 1.46. The third kappa shape index (κ3) is 4.06. The van der Waals surface area contributed by atoms with Crippen molar-refractivity contribution in [2.75, 3.05) is 19.1 Å². The van der Waals surface area contributed by atoms with Crippen molar-refractivity contribution in [2.24, 2.45) is 0 Å². The number of carboxylic acids is 1. The van der Waals surface area contributed by atoms with Crippen LogP contribution in [0.5, 0.6) is 11.5 Å². The van der Waals surface area contributed by atoms with Crippen LogP contribution in [0.25, 0.3) is 6.08 Å². The molecule has 0 bridgehead atoms. The number of carboxylic acid groups (broad SMARTS) is 1. The molecular weight excluding hydrogens is 457 g/mol. The Labute approximate surface area is 186 Å². The molecule has 0 unspecified atom stereocenters. The Morgan fingerprint density at radius 1 is 1.17 bits per heavy atom. The number of anilines is 1. The maximum Gasteiger partial charge on any atom is 0.340 e. The van der Waals surface area contributed by atoms with Crippen LogP contribution in [-0.2, 0) is 4.79 Å². The van der Waals surface area contributed by atoms with Crippen LogP contribution in [0.4, 0.5) is 5.69 Å². The zero-order valence-electron chi connectivity index (χ0n) is 15.1. The molecule has 0 spiro atoms. The highest BCUT2D eigenvalue weighted by atomic mass is 35.5. The zero-order valence-corrected chi connectivity index (χ0v) is 18.2. The first-order valence-corrected chi connectivity index (χ1v) is 9.97. The van der Waals surface area contributed by atoms with Gasteiger partial charge in [-0.25, -0.2) is 4.79 Å². The molecule has 29 heavy (non-hydrogen) atoms. The minimum atomic E-state index is -1.22. The molecule has 1 aliphatic heterocycles. The zero-order chi connectivity index (χ0) is 21.3. The second kappa shape index (κ2) is 8.62. The molecule has 0 radical (unpaired) electrons. The van der Waals surface area contributed by atoms with Crippen molar-refractivity contribution in [1.29, 1.82) is 0 Å². The number of hydrogen-bond acceptors (Lipinski definition) is 6. The summed E-state index contributed by atoms with van der Waals surface area (Å²) in [5, 5.41) is 10.3. The van der Waals surface area contributed by atoms with E-state index in [-0.39, 0.29) is 36.9 Å². The first-order chi connectivity index (χ1) is 13.8. The molecule has 1 fully saturated rings. The van der Waals surface area contributed by atoms with Crippen LogP contribution in [-0.4, -0.2) is 35.5 Å². The van der Waals surface area contributed by atoms with Gasteiger partial charge in [0.25, 0.3) is 5.91 Å². The molecule has 150 valence electrons. The number of hydrogen-bond donors (Lipinski definition) is 1. The summed E-state index contributed by atoms with van der Waals surface area (Å²) in [6.45, 7) is 0. The van der Waals surface area contributed by atoms with E-state index in [0.717, 1.165) is 11.8 Å². The molecule has 1 saturated heterocycles. The van der Waals surface area contributed by atoms with E-state index in [2.05, 4.69) is 0 Å². The Hall–Kier alpha value is -2.26. The maximum absolute atomic E-state index is 12.9. The highest BCUT2D eigenvalue weighted by Gasteiger charge is 2.34. The summed E-state index contributed by atoms with van der Waals surface area (Å²) < 4.78 is 10.6. The van der Waals surface area contributed by atoms with Crippen LogP contribution >= 0.6 is 47.2 Å². The molecule has 0 atom stereocenters. The minimum Gasteiger partial charge on any atom is -0.493 e. The fraction of sp³-hybridized carbons (Fsp3) is 0.105. The van der Waals surface area contributed by atoms with Crippen LogP contribution in [0.2, 0.25) is 10.0 Å². The lowest BCUT2D eigenvalue weighted by Crippen LogP contribution is -2.27. The third-order valence-electron chi connectivity index (χ3n) is 4.03. The topological polar surface area (TPSA) is 76.1 Å². The third-order valence-corrected chi connectivity index (χ3v) is 6.07. The molecule has 6 nitrogen and oxygen atoms in total. The molecule has 1 heterocycles. The molecular formula is C19H13Cl2NO5S2. The minimum absolute atomic E-state index is 0.0636. The van der Waals surface area contributed by atoms with Gasteiger partial charge in [0.2, 0.25) is 0 Å². The monoisotopic (exact) mass is 469 g/mol. The van der Waals surface area contributed by atoms with E-state index in [1.807, 2.05) is 0 Å². The van der Waals surface area contributed by atoms with Gasteiger partial charge in [-0.1, -0.05) is 53.2 Å². The van der Waals surface area contributed by atoms with Crippen molar-refractivity contribution in [3.8, 4) is 11.5 Å². The van der Waals surface area contributed by atoms with E-state index in [9.17, 15) is 14.7 Å². The number of methoxy groups -OCH3 is 2. The summed E-state index contributed by atoms with van der Waals surface area (Å²) in [4.78, 5) is 26.3. The summed E-state index contributed by atoms with van der Waals surface area (Å²) in [7, 11) is 2.75. The van der Waals surface area contributed by atoms with Gasteiger partial charge in [0.05, 0.1) is 34.9 Å². The first kappa shape index (κ1) is 21.4. The predicted octanol–water partition coefficient (Wildman–Crippen LogP) is 5.11. The Morgan fingerprint density at radius 2 is 1.90 bits per heavy atom. The number of carbonyl (C=O) groups excluding carboxylic acids is 1. The van der Waals surface area contributed by atoms with Gasteiger partial charge in [-0.05, 0) is 35.9 Å². The van der Waals surface area contributed by atoms with E-state index < -0.39 is 11.9 Å². The quantitative estimate of drug-likeness (QED) is 0.481. The molecule has 0 saturated carbocycles. The molecule has 0 aliphatic carbocycles. The number of rotatable bonds is 5. The predicted molar refractivity (Wildman–Crippen MR) is 119 cm³/mol. The van der Waals surface area contributed by atoms with Crippen molar-refractivity contribution in [3.63, 3.8) is 0 Å². The number of halogens is 2. The molecule has 2 aromatic carbocycles. The van der Waals surface area contributed by atoms with Gasteiger partial charge < -0.3 is 14.6 Å². The average molecular weight is 470 g/mol. The van der Waals surface area contributed by atoms with Crippen LogP contribution in [0, 0.1) is 0 Å². The number of ether oxygens (including phenoxy) is 2. The van der Waals surface area contributed by atoms with Crippen molar-refractivity contribution in [2.45, 2.75) is 0 Å². The molecule has 1 aliphatic rings. The van der Waals surface area contributed by atoms with E-state index in [1.54, 1.807) is 18.2 Å². The highest BCUT2D eigenvalue weighted by Crippen LogP contribution is 2.40. The first-order valence-electron chi connectivity index (χ1n) is 7.99. The summed E-state index contributed by atoms with van der Waals surface area (Å²) in [5.74, 6) is -1.28. The summed E-state index contributed by atoms with van der Waals surface area (Å²) >= 11 is 18.4. The van der Waals surface area contributed by atoms with Crippen LogP contribution in [0.3, 0.4) is 0 Å². The number of thioether (sulfide) groups is 1. The van der Waals surface area contributed by atoms with Gasteiger partial charge in [-0.2, -0.15) is 0 Å². The lowest BCUT2D eigenvalue weighted by molar-refractivity contribution is -0.113. The molecule has 0 aromatic heterocycles. The number of benzene rings is 2. The fourth-order valence-corrected chi connectivity index (χ4v) is 4.32. The van der Waals surface area contributed by atoms with Crippen molar-refractivity contribution < 1.29 is 24.2 Å². The van der Waals surface area contributed by atoms with E-state index in [4.69, 9.17) is 44.9 Å².